The van der Waals surface area contributed by atoms with Crippen LogP contribution < -0.4 is 0 Å². The van der Waals surface area contributed by atoms with Gasteiger partial charge in [0, 0.05) is 21.7 Å². The quantitative estimate of drug-likeness (QED) is 0.457. The van der Waals surface area contributed by atoms with Crippen LogP contribution in [-0.4, -0.2) is 5.11 Å². The maximum absolute atomic E-state index is 10.1. The molecule has 2 aromatic carbocycles. The molecule has 1 aliphatic heterocycles. The van der Waals surface area contributed by atoms with E-state index in [2.05, 4.69) is 0 Å². The summed E-state index contributed by atoms with van der Waals surface area (Å²) in [4.78, 5) is 0. The van der Waals surface area contributed by atoms with Gasteiger partial charge in [0.25, 0.3) is 0 Å². The van der Waals surface area contributed by atoms with Gasteiger partial charge in [-0.2, -0.15) is 0 Å². The monoisotopic (exact) mass is 234 g/mol. The van der Waals surface area contributed by atoms with Crippen LogP contribution in [0, 0.1) is 0 Å². The second-order valence-corrected chi connectivity index (χ2v) is 4.45. The van der Waals surface area contributed by atoms with Gasteiger partial charge in [0.15, 0.2) is 0 Å². The van der Waals surface area contributed by atoms with Crippen LogP contribution in [0.15, 0.2) is 59.2 Å². The second kappa shape index (κ2) is 3.26. The summed E-state index contributed by atoms with van der Waals surface area (Å²) in [6.45, 7) is 0. The number of hydrogen-bond acceptors (Lipinski definition) is 2. The van der Waals surface area contributed by atoms with Gasteiger partial charge in [0.2, 0.25) is 0 Å². The SMILES string of the molecule is Oc1cc2c3cccc-3coc2c2ccccc12. The zero-order chi connectivity index (χ0) is 12.1. The van der Waals surface area contributed by atoms with Crippen LogP contribution in [-0.2, 0) is 0 Å². The fourth-order valence-electron chi connectivity index (χ4n) is 2.56. The zero-order valence-corrected chi connectivity index (χ0v) is 9.55. The lowest BCUT2D eigenvalue weighted by atomic mass is 10.0. The van der Waals surface area contributed by atoms with Crippen molar-refractivity contribution in [2.24, 2.45) is 0 Å². The van der Waals surface area contributed by atoms with E-state index in [1.54, 1.807) is 12.3 Å². The van der Waals surface area contributed by atoms with Gasteiger partial charge >= 0.3 is 0 Å². The normalized spacial score (nSPS) is 11.6. The molecule has 2 nitrogen and oxygen atoms in total. The number of benzene rings is 2. The molecule has 0 unspecified atom stereocenters. The Balaban J connectivity index is 2.33. The zero-order valence-electron chi connectivity index (χ0n) is 9.55. The van der Waals surface area contributed by atoms with Crippen molar-refractivity contribution in [2.75, 3.05) is 0 Å². The van der Waals surface area contributed by atoms with E-state index in [0.717, 1.165) is 32.9 Å². The van der Waals surface area contributed by atoms with Gasteiger partial charge in [-0.25, -0.2) is 0 Å². The molecule has 0 fully saturated rings. The molecule has 1 heterocycles. The number of aromatic hydroxyl groups is 1. The van der Waals surface area contributed by atoms with Crippen LogP contribution in [0.3, 0.4) is 0 Å². The molecule has 86 valence electrons. The molecule has 18 heavy (non-hydrogen) atoms. The van der Waals surface area contributed by atoms with Gasteiger partial charge in [0.05, 0.1) is 6.26 Å². The highest BCUT2D eigenvalue weighted by Crippen LogP contribution is 2.39. The molecule has 0 bridgehead atoms. The summed E-state index contributed by atoms with van der Waals surface area (Å²) in [5, 5.41) is 12.8. The van der Waals surface area contributed by atoms with Crippen molar-refractivity contribution in [1.82, 2.24) is 0 Å². The lowest BCUT2D eigenvalue weighted by Crippen LogP contribution is -1.82. The Morgan fingerprint density at radius 2 is 1.67 bits per heavy atom. The maximum atomic E-state index is 10.1. The van der Waals surface area contributed by atoms with Crippen LogP contribution in [0.25, 0.3) is 32.9 Å². The van der Waals surface area contributed by atoms with Crippen LogP contribution in [0.2, 0.25) is 0 Å². The molecular weight excluding hydrogens is 224 g/mol. The van der Waals surface area contributed by atoms with Crippen molar-refractivity contribution in [1.29, 1.82) is 0 Å². The Morgan fingerprint density at radius 1 is 0.833 bits per heavy atom. The van der Waals surface area contributed by atoms with Gasteiger partial charge in [-0.05, 0) is 11.6 Å². The highest BCUT2D eigenvalue weighted by molar-refractivity contribution is 6.11. The molecular formula is C16H10O2. The molecule has 2 heteroatoms. The van der Waals surface area contributed by atoms with Crippen molar-refractivity contribution < 1.29 is 9.52 Å². The molecule has 2 aliphatic rings. The molecule has 0 spiro atoms. The number of phenols is 1. The van der Waals surface area contributed by atoms with E-state index in [4.69, 9.17) is 4.42 Å². The average Bonchev–Trinajstić information content (AvgIpc) is 2.88. The summed E-state index contributed by atoms with van der Waals surface area (Å²) >= 11 is 0. The number of rotatable bonds is 0. The van der Waals surface area contributed by atoms with Gasteiger partial charge in [-0.15, -0.1) is 0 Å². The topological polar surface area (TPSA) is 33.4 Å². The first-order valence-electron chi connectivity index (χ1n) is 5.85. The predicted molar refractivity (Wildman–Crippen MR) is 72.0 cm³/mol. The lowest BCUT2D eigenvalue weighted by Gasteiger charge is -2.08. The smallest absolute Gasteiger partial charge is 0.142 e. The minimum Gasteiger partial charge on any atom is -0.507 e. The third kappa shape index (κ3) is 1.12. The van der Waals surface area contributed by atoms with Crippen LogP contribution in [0.4, 0.5) is 0 Å². The minimum atomic E-state index is 0.294. The average molecular weight is 234 g/mol. The fraction of sp³-hybridized carbons (Fsp3) is 0. The highest BCUT2D eigenvalue weighted by Gasteiger charge is 2.13. The number of hydrogen-bond donors (Lipinski definition) is 1. The van der Waals surface area contributed by atoms with Crippen LogP contribution in [0.5, 0.6) is 5.75 Å². The second-order valence-electron chi connectivity index (χ2n) is 4.45. The third-order valence-electron chi connectivity index (χ3n) is 3.42. The van der Waals surface area contributed by atoms with Crippen molar-refractivity contribution >= 4 is 21.7 Å². The molecule has 0 radical (unpaired) electrons. The Bertz CT molecular complexity index is 842. The first-order valence-corrected chi connectivity index (χ1v) is 5.85. The fourth-order valence-corrected chi connectivity index (χ4v) is 2.56. The Hall–Kier alpha value is -2.48. The van der Waals surface area contributed by atoms with Gasteiger partial charge < -0.3 is 9.52 Å². The Labute approximate surface area is 103 Å². The van der Waals surface area contributed by atoms with Gasteiger partial charge in [0.1, 0.15) is 11.3 Å². The summed E-state index contributed by atoms with van der Waals surface area (Å²) in [6.07, 6.45) is 1.77. The van der Waals surface area contributed by atoms with E-state index in [-0.39, 0.29) is 0 Å². The number of phenolic OH excluding ortho intramolecular Hbond substituents is 1. The van der Waals surface area contributed by atoms with Crippen molar-refractivity contribution in [3.05, 3.63) is 54.8 Å². The largest absolute Gasteiger partial charge is 0.507 e. The van der Waals surface area contributed by atoms with E-state index in [1.165, 1.54) is 0 Å². The standard InChI is InChI=1S/C16H10O2/c17-15-8-14-11-7-3-4-10(11)9-18-16(14)13-6-2-1-5-12(13)15/h1-9,17H. The Morgan fingerprint density at radius 3 is 2.56 bits per heavy atom. The van der Waals surface area contributed by atoms with E-state index >= 15 is 0 Å². The summed E-state index contributed by atoms with van der Waals surface area (Å²) in [5.74, 6) is 0.294. The molecule has 0 aromatic heterocycles. The minimum absolute atomic E-state index is 0.294. The molecule has 0 saturated heterocycles. The van der Waals surface area contributed by atoms with Crippen molar-refractivity contribution in [3.8, 4) is 16.9 Å². The van der Waals surface area contributed by atoms with Gasteiger partial charge in [-0.3, -0.25) is 0 Å². The summed E-state index contributed by atoms with van der Waals surface area (Å²) in [5.41, 5.74) is 2.98. The molecule has 0 atom stereocenters. The Kier molecular flexibility index (Phi) is 1.73. The number of fused-ring (bicyclic) bond motifs is 5. The maximum Gasteiger partial charge on any atom is 0.142 e. The van der Waals surface area contributed by atoms with Crippen LogP contribution >= 0.6 is 0 Å². The molecule has 2 aromatic rings. The van der Waals surface area contributed by atoms with E-state index < -0.39 is 0 Å². The van der Waals surface area contributed by atoms with E-state index in [0.29, 0.717) is 5.75 Å². The van der Waals surface area contributed by atoms with E-state index in [1.807, 2.05) is 42.5 Å². The van der Waals surface area contributed by atoms with Gasteiger partial charge in [-0.1, -0.05) is 42.5 Å². The van der Waals surface area contributed by atoms with E-state index in [9.17, 15) is 5.11 Å². The highest BCUT2D eigenvalue weighted by atomic mass is 16.3. The third-order valence-corrected chi connectivity index (χ3v) is 3.42. The summed E-state index contributed by atoms with van der Waals surface area (Å²) < 4.78 is 5.74. The molecule has 1 aliphatic carbocycles. The lowest BCUT2D eigenvalue weighted by molar-refractivity contribution is 0.482. The molecule has 4 rings (SSSR count). The van der Waals surface area contributed by atoms with Crippen LogP contribution in [0.1, 0.15) is 0 Å². The molecule has 0 amide bonds. The molecule has 0 saturated carbocycles. The van der Waals surface area contributed by atoms with Crippen molar-refractivity contribution in [3.63, 3.8) is 0 Å². The first kappa shape index (κ1) is 9.54. The van der Waals surface area contributed by atoms with Crippen molar-refractivity contribution in [2.45, 2.75) is 0 Å². The predicted octanol–water partition coefficient (Wildman–Crippen LogP) is 4.40. The first-order chi connectivity index (χ1) is 8.84. The summed E-state index contributed by atoms with van der Waals surface area (Å²) in [6, 6.07) is 15.5. The molecule has 1 N–H and O–H groups in total. The summed E-state index contributed by atoms with van der Waals surface area (Å²) in [7, 11) is 0.